The Bertz CT molecular complexity index is 487. The molecule has 102 valence electrons. The molecule has 0 amide bonds. The van der Waals surface area contributed by atoms with Crippen molar-refractivity contribution in [3.8, 4) is 0 Å². The predicted octanol–water partition coefficient (Wildman–Crippen LogP) is 1.39. The van der Waals surface area contributed by atoms with Crippen LogP contribution in [0.3, 0.4) is 0 Å². The molecule has 1 unspecified atom stereocenters. The maximum atomic E-state index is 12.3. The van der Waals surface area contributed by atoms with Crippen LogP contribution in [0.5, 0.6) is 0 Å². The Kier molecular flexibility index (Phi) is 5.16. The molecule has 2 rings (SSSR count). The van der Waals surface area contributed by atoms with E-state index < -0.39 is 10.0 Å². The minimum atomic E-state index is -3.32. The molecule has 0 aliphatic carbocycles. The third-order valence-corrected chi connectivity index (χ3v) is 5.12. The number of halogens is 1. The van der Waals surface area contributed by atoms with Crippen LogP contribution in [0.15, 0.2) is 29.2 Å². The number of nitrogens with two attached hydrogens (primary N) is 1. The molecule has 1 aliphatic rings. The van der Waals surface area contributed by atoms with E-state index in [0.717, 1.165) is 12.0 Å². The highest BCUT2D eigenvalue weighted by Gasteiger charge is 2.31. The maximum Gasteiger partial charge on any atom is 0.243 e. The van der Waals surface area contributed by atoms with Crippen molar-refractivity contribution in [2.45, 2.75) is 18.2 Å². The Labute approximate surface area is 115 Å². The van der Waals surface area contributed by atoms with Crippen LogP contribution in [0, 0.1) is 12.8 Å². The lowest BCUT2D eigenvalue weighted by Crippen LogP contribution is -2.30. The van der Waals surface area contributed by atoms with Crippen LogP contribution in [0.4, 0.5) is 0 Å². The molecule has 1 heterocycles. The first kappa shape index (κ1) is 15.4. The van der Waals surface area contributed by atoms with E-state index in [1.807, 2.05) is 19.1 Å². The largest absolute Gasteiger partial charge is 0.330 e. The van der Waals surface area contributed by atoms with Gasteiger partial charge in [-0.2, -0.15) is 4.31 Å². The zero-order chi connectivity index (χ0) is 12.5. The minimum Gasteiger partial charge on any atom is -0.330 e. The van der Waals surface area contributed by atoms with E-state index >= 15 is 0 Å². The third-order valence-electron chi connectivity index (χ3n) is 3.24. The lowest BCUT2D eigenvalue weighted by molar-refractivity contribution is 0.459. The Morgan fingerprint density at radius 1 is 1.33 bits per heavy atom. The van der Waals surface area contributed by atoms with E-state index in [0.29, 0.717) is 30.4 Å². The summed E-state index contributed by atoms with van der Waals surface area (Å²) in [5.41, 5.74) is 6.64. The quantitative estimate of drug-likeness (QED) is 0.915. The van der Waals surface area contributed by atoms with Crippen molar-refractivity contribution in [3.63, 3.8) is 0 Å². The first-order chi connectivity index (χ1) is 8.04. The van der Waals surface area contributed by atoms with Gasteiger partial charge < -0.3 is 5.73 Å². The van der Waals surface area contributed by atoms with Crippen molar-refractivity contribution in [2.75, 3.05) is 19.6 Å². The second kappa shape index (κ2) is 6.02. The second-order valence-electron chi connectivity index (χ2n) is 4.57. The normalized spacial score (nSPS) is 20.7. The fourth-order valence-electron chi connectivity index (χ4n) is 2.07. The van der Waals surface area contributed by atoms with Gasteiger partial charge in [-0.25, -0.2) is 8.42 Å². The van der Waals surface area contributed by atoms with Gasteiger partial charge >= 0.3 is 0 Å². The smallest absolute Gasteiger partial charge is 0.243 e. The number of sulfonamides is 1. The lowest BCUT2D eigenvalue weighted by Gasteiger charge is -2.16. The van der Waals surface area contributed by atoms with Crippen molar-refractivity contribution in [3.05, 3.63) is 29.8 Å². The SMILES string of the molecule is Cc1ccc(S(=O)(=O)N2CCC(CN)C2)cc1.Cl. The van der Waals surface area contributed by atoms with Crippen LogP contribution in [-0.2, 0) is 10.0 Å². The predicted molar refractivity (Wildman–Crippen MR) is 74.3 cm³/mol. The highest BCUT2D eigenvalue weighted by molar-refractivity contribution is 7.89. The van der Waals surface area contributed by atoms with E-state index in [2.05, 4.69) is 0 Å². The van der Waals surface area contributed by atoms with Crippen molar-refractivity contribution in [2.24, 2.45) is 11.7 Å². The average molecular weight is 291 g/mol. The summed E-state index contributed by atoms with van der Waals surface area (Å²) in [4.78, 5) is 0.376. The summed E-state index contributed by atoms with van der Waals surface area (Å²) in [7, 11) is -3.32. The summed E-state index contributed by atoms with van der Waals surface area (Å²) in [5.74, 6) is 0.301. The van der Waals surface area contributed by atoms with Crippen LogP contribution in [0.2, 0.25) is 0 Å². The van der Waals surface area contributed by atoms with Gasteiger partial charge in [0, 0.05) is 13.1 Å². The number of aryl methyl sites for hydroxylation is 1. The molecule has 1 saturated heterocycles. The van der Waals surface area contributed by atoms with E-state index in [1.165, 1.54) is 4.31 Å². The average Bonchev–Trinajstić information content (AvgIpc) is 2.78. The molecule has 1 aliphatic heterocycles. The monoisotopic (exact) mass is 290 g/mol. The number of nitrogens with zero attached hydrogens (tertiary/aromatic N) is 1. The molecule has 18 heavy (non-hydrogen) atoms. The number of hydrogen-bond acceptors (Lipinski definition) is 3. The minimum absolute atomic E-state index is 0. The van der Waals surface area contributed by atoms with E-state index in [4.69, 9.17) is 5.73 Å². The van der Waals surface area contributed by atoms with Gasteiger partial charge in [0.25, 0.3) is 0 Å². The van der Waals surface area contributed by atoms with Gasteiger partial charge in [0.2, 0.25) is 10.0 Å². The van der Waals surface area contributed by atoms with Gasteiger partial charge in [-0.3, -0.25) is 0 Å². The molecule has 6 heteroatoms. The van der Waals surface area contributed by atoms with Crippen LogP contribution in [0.1, 0.15) is 12.0 Å². The molecular formula is C12H19ClN2O2S. The molecule has 0 saturated carbocycles. The molecule has 0 aromatic heterocycles. The zero-order valence-corrected chi connectivity index (χ0v) is 12.0. The van der Waals surface area contributed by atoms with Crippen molar-refractivity contribution in [1.82, 2.24) is 4.31 Å². The van der Waals surface area contributed by atoms with E-state index in [9.17, 15) is 8.42 Å². The molecule has 2 N–H and O–H groups in total. The summed E-state index contributed by atoms with van der Waals surface area (Å²) >= 11 is 0. The van der Waals surface area contributed by atoms with Crippen LogP contribution in [-0.4, -0.2) is 32.4 Å². The number of benzene rings is 1. The van der Waals surface area contributed by atoms with E-state index in [-0.39, 0.29) is 12.4 Å². The molecule has 1 atom stereocenters. The van der Waals surface area contributed by atoms with Crippen molar-refractivity contribution >= 4 is 22.4 Å². The molecule has 1 aromatic rings. The standard InChI is InChI=1S/C12H18N2O2S.ClH/c1-10-2-4-12(5-3-10)17(15,16)14-7-6-11(8-13)9-14;/h2-5,11H,6-9,13H2,1H3;1H. The van der Waals surface area contributed by atoms with Gasteiger partial charge in [-0.1, -0.05) is 17.7 Å². The first-order valence-electron chi connectivity index (χ1n) is 5.81. The molecular weight excluding hydrogens is 272 g/mol. The molecule has 4 nitrogen and oxygen atoms in total. The van der Waals surface area contributed by atoms with Gasteiger partial charge in [-0.15, -0.1) is 12.4 Å². The molecule has 1 aromatic carbocycles. The lowest BCUT2D eigenvalue weighted by atomic mass is 10.1. The van der Waals surface area contributed by atoms with Gasteiger partial charge in [0.15, 0.2) is 0 Å². The first-order valence-corrected chi connectivity index (χ1v) is 7.25. The molecule has 0 radical (unpaired) electrons. The van der Waals surface area contributed by atoms with Crippen LogP contribution >= 0.6 is 12.4 Å². The number of hydrogen-bond donors (Lipinski definition) is 1. The summed E-state index contributed by atoms with van der Waals surface area (Å²) in [6.07, 6.45) is 0.863. The highest BCUT2D eigenvalue weighted by Crippen LogP contribution is 2.23. The summed E-state index contributed by atoms with van der Waals surface area (Å²) in [6, 6.07) is 6.98. The summed E-state index contributed by atoms with van der Waals surface area (Å²) in [6.45, 7) is 3.63. The summed E-state index contributed by atoms with van der Waals surface area (Å²) < 4.78 is 26.1. The maximum absolute atomic E-state index is 12.3. The van der Waals surface area contributed by atoms with Gasteiger partial charge in [0.05, 0.1) is 4.90 Å². The number of rotatable bonds is 3. The Morgan fingerprint density at radius 3 is 2.44 bits per heavy atom. The van der Waals surface area contributed by atoms with Gasteiger partial charge in [-0.05, 0) is 37.9 Å². The van der Waals surface area contributed by atoms with Crippen molar-refractivity contribution in [1.29, 1.82) is 0 Å². The fourth-order valence-corrected chi connectivity index (χ4v) is 3.60. The van der Waals surface area contributed by atoms with Crippen molar-refractivity contribution < 1.29 is 8.42 Å². The Balaban J connectivity index is 0.00000162. The summed E-state index contributed by atoms with van der Waals surface area (Å²) in [5, 5.41) is 0. The second-order valence-corrected chi connectivity index (χ2v) is 6.50. The fraction of sp³-hybridized carbons (Fsp3) is 0.500. The third kappa shape index (κ3) is 3.03. The van der Waals surface area contributed by atoms with Crippen LogP contribution in [0.25, 0.3) is 0 Å². The Morgan fingerprint density at radius 2 is 1.94 bits per heavy atom. The highest BCUT2D eigenvalue weighted by atomic mass is 35.5. The van der Waals surface area contributed by atoms with E-state index in [1.54, 1.807) is 12.1 Å². The molecule has 0 spiro atoms. The Hall–Kier alpha value is -0.620. The molecule has 0 bridgehead atoms. The zero-order valence-electron chi connectivity index (χ0n) is 10.4. The van der Waals surface area contributed by atoms with Crippen LogP contribution < -0.4 is 5.73 Å². The topological polar surface area (TPSA) is 63.4 Å². The molecule has 1 fully saturated rings. The van der Waals surface area contributed by atoms with Gasteiger partial charge in [0.1, 0.15) is 0 Å².